The number of hydrogen-bond acceptors (Lipinski definition) is 3. The van der Waals surface area contributed by atoms with Gasteiger partial charge in [0.15, 0.2) is 0 Å². The lowest BCUT2D eigenvalue weighted by Gasteiger charge is -2.22. The van der Waals surface area contributed by atoms with Gasteiger partial charge in [0.1, 0.15) is 18.4 Å². The minimum atomic E-state index is -0.667. The highest BCUT2D eigenvalue weighted by Crippen LogP contribution is 2.50. The average molecular weight is 437 g/mol. The molecule has 0 aliphatic heterocycles. The number of primary amides is 1. The third-order valence-electron chi connectivity index (χ3n) is 6.31. The van der Waals surface area contributed by atoms with Crippen molar-refractivity contribution in [1.29, 1.82) is 0 Å². The molecule has 1 atom stereocenters. The van der Waals surface area contributed by atoms with Gasteiger partial charge in [0, 0.05) is 5.56 Å². The molecule has 0 heterocycles. The van der Waals surface area contributed by atoms with Crippen LogP contribution in [0.25, 0.3) is 0 Å². The third kappa shape index (κ3) is 5.32. The van der Waals surface area contributed by atoms with Gasteiger partial charge in [-0.25, -0.2) is 0 Å². The summed E-state index contributed by atoms with van der Waals surface area (Å²) in [4.78, 5) is 24.1. The van der Waals surface area contributed by atoms with Crippen LogP contribution < -0.4 is 15.8 Å². The summed E-state index contributed by atoms with van der Waals surface area (Å²) in [6.07, 6.45) is 1.64. The highest BCUT2D eigenvalue weighted by atomic mass is 16.5. The Morgan fingerprint density at radius 1 is 1.00 bits per heavy atom. The van der Waals surface area contributed by atoms with Crippen LogP contribution in [-0.4, -0.2) is 17.9 Å². The number of nitrogens with one attached hydrogen (secondary N) is 1. The highest BCUT2D eigenvalue weighted by Gasteiger charge is 2.41. The molecule has 3 rings (SSSR count). The predicted octanol–water partition coefficient (Wildman–Crippen LogP) is 4.85. The van der Waals surface area contributed by atoms with Gasteiger partial charge in [0.2, 0.25) is 5.91 Å². The van der Waals surface area contributed by atoms with Crippen LogP contribution in [-0.2, 0) is 22.2 Å². The van der Waals surface area contributed by atoms with Crippen molar-refractivity contribution in [1.82, 2.24) is 5.32 Å². The van der Waals surface area contributed by atoms with Crippen molar-refractivity contribution >= 4 is 11.8 Å². The SMILES string of the molecule is CC(C)CC(NC(=O)c1ccc(COc2ccc3c(c2)C(C)(C)CC3(C)C)cc1)C(N)=O. The van der Waals surface area contributed by atoms with Gasteiger partial charge in [-0.05, 0) is 70.5 Å². The first-order valence-electron chi connectivity index (χ1n) is 11.4. The Bertz CT molecular complexity index is 990. The summed E-state index contributed by atoms with van der Waals surface area (Å²) in [5.41, 5.74) is 9.95. The zero-order chi connectivity index (χ0) is 23.7. The zero-order valence-corrected chi connectivity index (χ0v) is 20.1. The van der Waals surface area contributed by atoms with E-state index in [1.54, 1.807) is 12.1 Å². The van der Waals surface area contributed by atoms with Crippen LogP contribution >= 0.6 is 0 Å². The fourth-order valence-electron chi connectivity index (χ4n) is 4.94. The lowest BCUT2D eigenvalue weighted by Crippen LogP contribution is -2.45. The third-order valence-corrected chi connectivity index (χ3v) is 6.31. The topological polar surface area (TPSA) is 81.4 Å². The molecule has 0 fully saturated rings. The fraction of sp³-hybridized carbons (Fsp3) is 0.481. The van der Waals surface area contributed by atoms with Crippen LogP contribution in [0, 0.1) is 5.92 Å². The average Bonchev–Trinajstić information content (AvgIpc) is 2.89. The standard InChI is InChI=1S/C27H36N2O3/c1-17(2)13-23(24(28)30)29-25(31)19-9-7-18(8-10-19)15-32-20-11-12-21-22(14-20)27(5,6)16-26(21,3)4/h7-12,14,17,23H,13,15-16H2,1-6H3,(H2,28,30)(H,29,31). The number of amides is 2. The maximum atomic E-state index is 12.5. The van der Waals surface area contributed by atoms with Gasteiger partial charge in [-0.3, -0.25) is 9.59 Å². The van der Waals surface area contributed by atoms with E-state index in [0.717, 1.165) is 17.7 Å². The molecule has 5 heteroatoms. The van der Waals surface area contributed by atoms with Gasteiger partial charge in [-0.15, -0.1) is 0 Å². The summed E-state index contributed by atoms with van der Waals surface area (Å²) in [5, 5.41) is 2.73. The summed E-state index contributed by atoms with van der Waals surface area (Å²) in [5.74, 6) is 0.292. The zero-order valence-electron chi connectivity index (χ0n) is 20.1. The van der Waals surface area contributed by atoms with E-state index in [2.05, 4.69) is 45.1 Å². The first-order chi connectivity index (χ1) is 14.9. The van der Waals surface area contributed by atoms with E-state index < -0.39 is 11.9 Å². The predicted molar refractivity (Wildman–Crippen MR) is 128 cm³/mol. The van der Waals surface area contributed by atoms with Crippen LogP contribution in [0.1, 0.15) is 81.4 Å². The Kier molecular flexibility index (Phi) is 6.68. The second-order valence-electron chi connectivity index (χ2n) is 10.7. The molecular weight excluding hydrogens is 400 g/mol. The number of benzene rings is 2. The molecule has 0 saturated heterocycles. The van der Waals surface area contributed by atoms with Crippen LogP contribution in [0.15, 0.2) is 42.5 Å². The summed E-state index contributed by atoms with van der Waals surface area (Å²) in [6.45, 7) is 13.6. The first kappa shape index (κ1) is 23.8. The Balaban J connectivity index is 1.63. The molecule has 32 heavy (non-hydrogen) atoms. The summed E-state index contributed by atoms with van der Waals surface area (Å²) >= 11 is 0. The summed E-state index contributed by atoms with van der Waals surface area (Å²) in [7, 11) is 0. The van der Waals surface area contributed by atoms with Gasteiger partial charge in [0.05, 0.1) is 0 Å². The van der Waals surface area contributed by atoms with Crippen molar-refractivity contribution in [2.75, 3.05) is 0 Å². The Morgan fingerprint density at radius 2 is 1.62 bits per heavy atom. The molecule has 0 aromatic heterocycles. The van der Waals surface area contributed by atoms with E-state index in [1.807, 2.05) is 32.0 Å². The molecule has 1 aliphatic rings. The van der Waals surface area contributed by atoms with Gasteiger partial charge < -0.3 is 15.8 Å². The van der Waals surface area contributed by atoms with E-state index in [4.69, 9.17) is 10.5 Å². The molecule has 1 aliphatic carbocycles. The van der Waals surface area contributed by atoms with Gasteiger partial charge in [-0.1, -0.05) is 59.7 Å². The van der Waals surface area contributed by atoms with Gasteiger partial charge >= 0.3 is 0 Å². The van der Waals surface area contributed by atoms with Crippen LogP contribution in [0.3, 0.4) is 0 Å². The van der Waals surface area contributed by atoms with Crippen molar-refractivity contribution in [3.05, 3.63) is 64.7 Å². The molecule has 0 spiro atoms. The number of carbonyl (C=O) groups is 2. The lowest BCUT2D eigenvalue weighted by atomic mass is 9.82. The number of ether oxygens (including phenoxy) is 1. The van der Waals surface area contributed by atoms with Crippen LogP contribution in [0.4, 0.5) is 0 Å². The normalized spacial score (nSPS) is 17.0. The number of nitrogens with two attached hydrogens (primary N) is 1. The molecule has 0 radical (unpaired) electrons. The minimum Gasteiger partial charge on any atom is -0.489 e. The van der Waals surface area contributed by atoms with Crippen molar-refractivity contribution < 1.29 is 14.3 Å². The van der Waals surface area contributed by atoms with Crippen molar-refractivity contribution in [2.24, 2.45) is 11.7 Å². The minimum absolute atomic E-state index is 0.131. The van der Waals surface area contributed by atoms with Crippen molar-refractivity contribution in [2.45, 2.75) is 77.9 Å². The van der Waals surface area contributed by atoms with Crippen molar-refractivity contribution in [3.8, 4) is 5.75 Å². The van der Waals surface area contributed by atoms with Gasteiger partial charge in [-0.2, -0.15) is 0 Å². The Hall–Kier alpha value is -2.82. The molecule has 2 amide bonds. The summed E-state index contributed by atoms with van der Waals surface area (Å²) < 4.78 is 6.06. The molecular formula is C27H36N2O3. The van der Waals surface area contributed by atoms with E-state index in [9.17, 15) is 9.59 Å². The highest BCUT2D eigenvalue weighted by molar-refractivity contribution is 5.97. The number of fused-ring (bicyclic) bond motifs is 1. The maximum absolute atomic E-state index is 12.5. The smallest absolute Gasteiger partial charge is 0.251 e. The van der Waals surface area contributed by atoms with Crippen LogP contribution in [0.5, 0.6) is 5.75 Å². The number of carbonyl (C=O) groups excluding carboxylic acids is 2. The molecule has 0 saturated carbocycles. The fourth-order valence-corrected chi connectivity index (χ4v) is 4.94. The second-order valence-corrected chi connectivity index (χ2v) is 10.7. The molecule has 1 unspecified atom stereocenters. The maximum Gasteiger partial charge on any atom is 0.251 e. The number of rotatable bonds is 8. The van der Waals surface area contributed by atoms with Crippen molar-refractivity contribution in [3.63, 3.8) is 0 Å². The summed E-state index contributed by atoms with van der Waals surface area (Å²) in [6, 6.07) is 13.0. The first-order valence-corrected chi connectivity index (χ1v) is 11.4. The lowest BCUT2D eigenvalue weighted by molar-refractivity contribution is -0.120. The quantitative estimate of drug-likeness (QED) is 0.620. The molecule has 5 nitrogen and oxygen atoms in total. The molecule has 3 N–H and O–H groups in total. The Morgan fingerprint density at radius 3 is 2.22 bits per heavy atom. The van der Waals surface area contributed by atoms with Crippen LogP contribution in [0.2, 0.25) is 0 Å². The molecule has 172 valence electrons. The van der Waals surface area contributed by atoms with E-state index in [0.29, 0.717) is 18.6 Å². The molecule has 2 aromatic carbocycles. The largest absolute Gasteiger partial charge is 0.489 e. The molecule has 0 bridgehead atoms. The monoisotopic (exact) mass is 436 g/mol. The number of hydrogen-bond donors (Lipinski definition) is 2. The van der Waals surface area contributed by atoms with E-state index >= 15 is 0 Å². The van der Waals surface area contributed by atoms with E-state index in [-0.39, 0.29) is 22.7 Å². The second kappa shape index (κ2) is 8.97. The van der Waals surface area contributed by atoms with E-state index in [1.165, 1.54) is 11.1 Å². The Labute approximate surface area is 191 Å². The van der Waals surface area contributed by atoms with Gasteiger partial charge in [0.25, 0.3) is 5.91 Å². The molecule has 2 aromatic rings.